The van der Waals surface area contributed by atoms with Gasteiger partial charge in [-0.2, -0.15) is 4.98 Å². The van der Waals surface area contributed by atoms with Crippen LogP contribution in [0.1, 0.15) is 53.7 Å². The second-order valence-corrected chi connectivity index (χ2v) is 10.5. The Morgan fingerprint density at radius 1 is 0.929 bits per heavy atom. The molecule has 6 N–H and O–H groups in total. The molecule has 1 aromatic heterocycles. The van der Waals surface area contributed by atoms with Crippen molar-refractivity contribution in [2.45, 2.75) is 60.0 Å². The normalized spacial score (nSPS) is 9.75. The van der Waals surface area contributed by atoms with Gasteiger partial charge in [-0.15, -0.1) is 0 Å². The van der Waals surface area contributed by atoms with Gasteiger partial charge in [0.1, 0.15) is 0 Å². The molecular weight excluding hydrogens is 466 g/mol. The molecule has 0 fully saturated rings. The number of ether oxygens (including phenoxy) is 1. The summed E-state index contributed by atoms with van der Waals surface area (Å²) in [6.45, 7) is 7.26. The Hall–Kier alpha value is 0.290. The van der Waals surface area contributed by atoms with E-state index in [0.717, 1.165) is 16.6 Å². The van der Waals surface area contributed by atoms with Crippen LogP contribution in [0.4, 0.5) is 0 Å². The predicted octanol–water partition coefficient (Wildman–Crippen LogP) is 3.11. The van der Waals surface area contributed by atoms with Crippen molar-refractivity contribution in [3.8, 4) is 5.88 Å². The minimum absolute atomic E-state index is 0.646. The summed E-state index contributed by atoms with van der Waals surface area (Å²) >= 11 is 8.84. The molecule has 0 aliphatic carbocycles. The van der Waals surface area contributed by atoms with E-state index in [1.54, 1.807) is 11.8 Å². The van der Waals surface area contributed by atoms with E-state index in [0.29, 0.717) is 12.5 Å². The van der Waals surface area contributed by atoms with Gasteiger partial charge in [0.15, 0.2) is 5.16 Å². The van der Waals surface area contributed by atoms with Crippen LogP contribution < -0.4 is 4.74 Å². The van der Waals surface area contributed by atoms with Crippen molar-refractivity contribution >= 4 is 48.8 Å². The number of nitrogens with zero attached hydrogens (tertiary/aromatic N) is 2. The fourth-order valence-corrected chi connectivity index (χ4v) is 1.55. The highest BCUT2D eigenvalue weighted by atomic mass is 32.5. The maximum atomic E-state index is 7.56. The largest absolute Gasteiger partial charge is 0.478 e. The van der Waals surface area contributed by atoms with Gasteiger partial charge in [-0.1, -0.05) is 52.8 Å². The fraction of sp³-hybridized carbons (Fsp3) is 0.714. The molecule has 0 amide bonds. The summed E-state index contributed by atoms with van der Waals surface area (Å²) in [6.07, 6.45) is 1.25. The molecule has 0 bridgehead atoms. The second-order valence-electron chi connectivity index (χ2n) is 4.23. The molecule has 0 saturated heterocycles. The third kappa shape index (κ3) is 50.3. The fourth-order valence-electron chi connectivity index (χ4n) is 0.929. The van der Waals surface area contributed by atoms with E-state index in [1.807, 2.05) is 33.8 Å². The summed E-state index contributed by atoms with van der Waals surface area (Å²) in [5, 5.41) is 0.797. The number of rotatable bonds is 4. The molecule has 0 aliphatic rings. The average Bonchev–Trinajstić information content (AvgIpc) is 2.47. The minimum Gasteiger partial charge on any atom is -0.478 e. The lowest BCUT2D eigenvalue weighted by molar-refractivity contribution is 0.322. The van der Waals surface area contributed by atoms with Crippen LogP contribution in [0.15, 0.2) is 11.2 Å². The Labute approximate surface area is 182 Å². The van der Waals surface area contributed by atoms with Gasteiger partial charge in [-0.25, -0.2) is 4.98 Å². The molecule has 0 aromatic carbocycles. The number of aromatic nitrogens is 2. The van der Waals surface area contributed by atoms with E-state index >= 15 is 0 Å². The van der Waals surface area contributed by atoms with Crippen molar-refractivity contribution in [1.29, 1.82) is 0 Å². The molecular formula is C14H34N2O7P2S3. The van der Waals surface area contributed by atoms with Crippen molar-refractivity contribution in [1.82, 2.24) is 9.97 Å². The molecule has 28 heavy (non-hydrogen) atoms. The quantitative estimate of drug-likeness (QED) is 0.204. The van der Waals surface area contributed by atoms with E-state index in [4.69, 9.17) is 34.1 Å². The number of aryl methyl sites for hydroxylation is 1. The van der Waals surface area contributed by atoms with E-state index in [9.17, 15) is 0 Å². The summed E-state index contributed by atoms with van der Waals surface area (Å²) in [7, 11) is 0. The third-order valence-electron chi connectivity index (χ3n) is 1.38. The van der Waals surface area contributed by atoms with Crippen molar-refractivity contribution in [2.24, 2.45) is 0 Å². The first-order valence-corrected chi connectivity index (χ1v) is 14.7. The SMILES string of the molecule is CC.CCC.CCOc1cc(C)nc(SCC)n1.OP(O)(O)=S.OP(O)(O)=S. The molecule has 0 unspecified atom stereocenters. The molecule has 0 radical (unpaired) electrons. The highest BCUT2D eigenvalue weighted by Gasteiger charge is 2.01. The Balaban J connectivity index is -0.000000160. The molecule has 0 aliphatic heterocycles. The van der Waals surface area contributed by atoms with E-state index in [1.165, 1.54) is 6.42 Å². The molecule has 1 aromatic rings. The van der Waals surface area contributed by atoms with Crippen LogP contribution in [0.5, 0.6) is 5.88 Å². The smallest absolute Gasteiger partial charge is 0.319 e. The van der Waals surface area contributed by atoms with E-state index < -0.39 is 13.4 Å². The maximum Gasteiger partial charge on any atom is 0.319 e. The molecule has 9 nitrogen and oxygen atoms in total. The van der Waals surface area contributed by atoms with Gasteiger partial charge in [0.25, 0.3) is 0 Å². The van der Waals surface area contributed by atoms with Gasteiger partial charge in [-0.05, 0) is 43.2 Å². The lowest BCUT2D eigenvalue weighted by Crippen LogP contribution is -1.98. The zero-order valence-electron chi connectivity index (χ0n) is 17.3. The number of thioether (sulfide) groups is 1. The molecule has 1 rings (SSSR count). The maximum absolute atomic E-state index is 7.56. The van der Waals surface area contributed by atoms with E-state index in [2.05, 4.69) is 54.4 Å². The molecule has 1 heterocycles. The summed E-state index contributed by atoms with van der Waals surface area (Å²) in [6, 6.07) is 1.85. The third-order valence-corrected chi connectivity index (χ3v) is 2.11. The number of hydrogen-bond donors (Lipinski definition) is 6. The molecule has 0 spiro atoms. The average molecular weight is 501 g/mol. The van der Waals surface area contributed by atoms with Crippen LogP contribution >= 0.6 is 25.2 Å². The first kappa shape index (κ1) is 35.7. The highest BCUT2D eigenvalue weighted by molar-refractivity contribution is 8.06. The van der Waals surface area contributed by atoms with Gasteiger partial charge >= 0.3 is 13.4 Å². The zero-order chi connectivity index (χ0) is 23.4. The van der Waals surface area contributed by atoms with Gasteiger partial charge in [0.05, 0.1) is 6.61 Å². The minimum atomic E-state index is -3.81. The summed E-state index contributed by atoms with van der Waals surface area (Å²) in [5.74, 6) is 1.65. The Bertz CT molecular complexity index is 511. The molecule has 170 valence electrons. The first-order valence-electron chi connectivity index (χ1n) is 8.35. The zero-order valence-corrected chi connectivity index (χ0v) is 21.5. The van der Waals surface area contributed by atoms with Gasteiger partial charge in [0.2, 0.25) is 5.88 Å². The molecule has 0 atom stereocenters. The summed E-state index contributed by atoms with van der Waals surface area (Å²) < 4.78 is 5.31. The van der Waals surface area contributed by atoms with Crippen molar-refractivity contribution in [2.75, 3.05) is 12.4 Å². The number of hydrogen-bond acceptors (Lipinski definition) is 6. The van der Waals surface area contributed by atoms with Crippen molar-refractivity contribution < 1.29 is 34.1 Å². The molecule has 14 heteroatoms. The summed E-state index contributed by atoms with van der Waals surface area (Å²) in [4.78, 5) is 53.9. The first-order chi connectivity index (χ1) is 12.7. The van der Waals surface area contributed by atoms with Crippen molar-refractivity contribution in [3.05, 3.63) is 11.8 Å². The van der Waals surface area contributed by atoms with Crippen LogP contribution in [-0.4, -0.2) is 51.7 Å². The van der Waals surface area contributed by atoms with Gasteiger partial charge in [-0.3, -0.25) is 0 Å². The van der Waals surface area contributed by atoms with Crippen molar-refractivity contribution in [3.63, 3.8) is 0 Å². The van der Waals surface area contributed by atoms with Crippen LogP contribution in [0.25, 0.3) is 0 Å². The standard InChI is InChI=1S/C9H14N2OS.C3H8.C2H6.2H3O3PS/c1-4-12-8-6-7(3)10-9(11-8)13-5-2;1-3-2;1-2;2*1-4(2,3)5/h6H,4-5H2,1-3H3;3H2,1-2H3;1-2H3;2*(H3,1,2,3,5). The van der Waals surface area contributed by atoms with E-state index in [-0.39, 0.29) is 0 Å². The lowest BCUT2D eigenvalue weighted by atomic mass is 10.4. The summed E-state index contributed by atoms with van der Waals surface area (Å²) in [5.41, 5.74) is 0.953. The highest BCUT2D eigenvalue weighted by Crippen LogP contribution is 2.27. The Morgan fingerprint density at radius 2 is 1.29 bits per heavy atom. The molecule has 0 saturated carbocycles. The Morgan fingerprint density at radius 3 is 1.57 bits per heavy atom. The monoisotopic (exact) mass is 500 g/mol. The van der Waals surface area contributed by atoms with Crippen LogP contribution in [0, 0.1) is 6.92 Å². The lowest BCUT2D eigenvalue weighted by Gasteiger charge is -2.04. The van der Waals surface area contributed by atoms with Crippen LogP contribution in [0.3, 0.4) is 0 Å². The second kappa shape index (κ2) is 22.0. The van der Waals surface area contributed by atoms with Crippen LogP contribution in [-0.2, 0) is 23.6 Å². The van der Waals surface area contributed by atoms with Gasteiger partial charge < -0.3 is 34.1 Å². The van der Waals surface area contributed by atoms with Gasteiger partial charge in [0, 0.05) is 11.8 Å². The predicted molar refractivity (Wildman–Crippen MR) is 124 cm³/mol. The Kier molecular flexibility index (Phi) is 28.0. The topological polar surface area (TPSA) is 156 Å². The van der Waals surface area contributed by atoms with Crippen LogP contribution in [0.2, 0.25) is 0 Å².